The first-order valence-electron chi connectivity index (χ1n) is 5.01. The predicted molar refractivity (Wildman–Crippen MR) is 63.5 cm³/mol. The summed E-state index contributed by atoms with van der Waals surface area (Å²) in [5, 5.41) is 19.6. The van der Waals surface area contributed by atoms with Gasteiger partial charge in [-0.2, -0.15) is 0 Å². The van der Waals surface area contributed by atoms with Gasteiger partial charge >= 0.3 is 0 Å². The second-order valence-electron chi connectivity index (χ2n) is 3.37. The van der Waals surface area contributed by atoms with E-state index in [1.165, 1.54) is 0 Å². The first-order chi connectivity index (χ1) is 7.19. The summed E-state index contributed by atoms with van der Waals surface area (Å²) in [6.07, 6.45) is 1.04. The normalized spacial score (nSPS) is 10.0. The monoisotopic (exact) mass is 207 g/mol. The molecular weight excluding hydrogens is 190 g/mol. The number of hydrogen-bond donors (Lipinski definition) is 4. The van der Waals surface area contributed by atoms with E-state index in [1.807, 2.05) is 6.07 Å². The Labute approximate surface area is 89.6 Å². The number of nitrogen functional groups attached to an aromatic ring is 1. The number of nitrogens with two attached hydrogens (primary N) is 1. The summed E-state index contributed by atoms with van der Waals surface area (Å²) < 4.78 is 0. The quantitative estimate of drug-likeness (QED) is 0.435. The van der Waals surface area contributed by atoms with Gasteiger partial charge in [0.25, 0.3) is 0 Å². The SMILES string of the molecule is CCCNc1ccc(N)c(C(=N)CO)c1. The van der Waals surface area contributed by atoms with Crippen LogP contribution in [0.15, 0.2) is 18.2 Å². The van der Waals surface area contributed by atoms with E-state index >= 15 is 0 Å². The van der Waals surface area contributed by atoms with Crippen molar-refractivity contribution in [1.82, 2.24) is 0 Å². The third-order valence-corrected chi connectivity index (χ3v) is 2.12. The Hall–Kier alpha value is -1.55. The van der Waals surface area contributed by atoms with Crippen LogP contribution >= 0.6 is 0 Å². The molecule has 15 heavy (non-hydrogen) atoms. The number of rotatable bonds is 5. The molecule has 1 aromatic carbocycles. The van der Waals surface area contributed by atoms with Gasteiger partial charge in [0, 0.05) is 23.5 Å². The summed E-state index contributed by atoms with van der Waals surface area (Å²) >= 11 is 0. The zero-order chi connectivity index (χ0) is 11.3. The standard InChI is InChI=1S/C11H17N3O/c1-2-5-14-8-3-4-10(12)9(6-8)11(13)7-15/h3-4,6,13-15H,2,5,7,12H2,1H3. The van der Waals surface area contributed by atoms with Crippen LogP contribution in [0.25, 0.3) is 0 Å². The maximum Gasteiger partial charge on any atom is 0.0852 e. The average Bonchev–Trinajstić information content (AvgIpc) is 2.27. The third kappa shape index (κ3) is 2.95. The molecule has 0 aliphatic carbocycles. The van der Waals surface area contributed by atoms with Crippen molar-refractivity contribution in [3.8, 4) is 0 Å². The summed E-state index contributed by atoms with van der Waals surface area (Å²) in [5.74, 6) is 0. The molecule has 0 heterocycles. The van der Waals surface area contributed by atoms with E-state index in [4.69, 9.17) is 16.2 Å². The van der Waals surface area contributed by atoms with Crippen molar-refractivity contribution in [3.05, 3.63) is 23.8 Å². The molecule has 0 bridgehead atoms. The van der Waals surface area contributed by atoms with Gasteiger partial charge in [-0.3, -0.25) is 0 Å². The highest BCUT2D eigenvalue weighted by Gasteiger charge is 2.05. The fourth-order valence-corrected chi connectivity index (χ4v) is 1.28. The lowest BCUT2D eigenvalue weighted by Crippen LogP contribution is -2.09. The smallest absolute Gasteiger partial charge is 0.0852 e. The Kier molecular flexibility index (Phi) is 4.12. The number of aliphatic hydroxyl groups excluding tert-OH is 1. The van der Waals surface area contributed by atoms with Crippen LogP contribution in [0.1, 0.15) is 18.9 Å². The molecule has 4 nitrogen and oxygen atoms in total. The van der Waals surface area contributed by atoms with E-state index in [9.17, 15) is 0 Å². The average molecular weight is 207 g/mol. The van der Waals surface area contributed by atoms with Gasteiger partial charge in [-0.05, 0) is 24.6 Å². The minimum atomic E-state index is -0.290. The molecule has 1 aromatic rings. The topological polar surface area (TPSA) is 82.1 Å². The summed E-state index contributed by atoms with van der Waals surface area (Å²) in [6, 6.07) is 5.42. The summed E-state index contributed by atoms with van der Waals surface area (Å²) in [6.45, 7) is 2.68. The highest BCUT2D eigenvalue weighted by atomic mass is 16.3. The van der Waals surface area contributed by atoms with E-state index in [0.717, 1.165) is 18.7 Å². The van der Waals surface area contributed by atoms with Crippen LogP contribution in [-0.4, -0.2) is 24.0 Å². The van der Waals surface area contributed by atoms with Gasteiger partial charge in [-0.15, -0.1) is 0 Å². The lowest BCUT2D eigenvalue weighted by molar-refractivity contribution is 0.357. The van der Waals surface area contributed by atoms with E-state index < -0.39 is 0 Å². The Morgan fingerprint density at radius 3 is 2.87 bits per heavy atom. The van der Waals surface area contributed by atoms with Crippen molar-refractivity contribution in [3.63, 3.8) is 0 Å². The minimum Gasteiger partial charge on any atom is -0.398 e. The molecule has 0 amide bonds. The van der Waals surface area contributed by atoms with Crippen LogP contribution in [-0.2, 0) is 0 Å². The van der Waals surface area contributed by atoms with E-state index in [1.54, 1.807) is 12.1 Å². The van der Waals surface area contributed by atoms with Gasteiger partial charge in [0.2, 0.25) is 0 Å². The molecule has 4 heteroatoms. The molecule has 1 rings (SSSR count). The Bertz CT molecular complexity index is 350. The summed E-state index contributed by atoms with van der Waals surface area (Å²) in [4.78, 5) is 0. The Morgan fingerprint density at radius 1 is 1.53 bits per heavy atom. The Balaban J connectivity index is 2.89. The van der Waals surface area contributed by atoms with Crippen molar-refractivity contribution in [1.29, 1.82) is 5.41 Å². The van der Waals surface area contributed by atoms with Gasteiger partial charge in [0.15, 0.2) is 0 Å². The van der Waals surface area contributed by atoms with Crippen LogP contribution in [0.5, 0.6) is 0 Å². The highest BCUT2D eigenvalue weighted by molar-refractivity contribution is 6.04. The van der Waals surface area contributed by atoms with Crippen LogP contribution in [0.2, 0.25) is 0 Å². The predicted octanol–water partition coefficient (Wildman–Crippen LogP) is 1.45. The molecule has 0 aromatic heterocycles. The number of nitrogens with one attached hydrogen (secondary N) is 2. The van der Waals surface area contributed by atoms with E-state index in [2.05, 4.69) is 12.2 Å². The zero-order valence-electron chi connectivity index (χ0n) is 8.88. The van der Waals surface area contributed by atoms with E-state index in [0.29, 0.717) is 11.3 Å². The first kappa shape index (κ1) is 11.5. The molecule has 0 radical (unpaired) electrons. The second kappa shape index (κ2) is 5.36. The van der Waals surface area contributed by atoms with Crippen molar-refractivity contribution in [2.45, 2.75) is 13.3 Å². The molecule has 0 saturated heterocycles. The first-order valence-corrected chi connectivity index (χ1v) is 5.01. The second-order valence-corrected chi connectivity index (χ2v) is 3.37. The van der Waals surface area contributed by atoms with Crippen LogP contribution in [0.3, 0.4) is 0 Å². The van der Waals surface area contributed by atoms with Gasteiger partial charge in [-0.25, -0.2) is 0 Å². The van der Waals surface area contributed by atoms with Gasteiger partial charge in [0.1, 0.15) is 0 Å². The van der Waals surface area contributed by atoms with Gasteiger partial charge < -0.3 is 21.6 Å². The minimum absolute atomic E-state index is 0.146. The molecule has 0 spiro atoms. The third-order valence-electron chi connectivity index (χ3n) is 2.12. The van der Waals surface area contributed by atoms with Crippen molar-refractivity contribution in [2.24, 2.45) is 0 Å². The van der Waals surface area contributed by atoms with Gasteiger partial charge in [0.05, 0.1) is 12.3 Å². The van der Waals surface area contributed by atoms with Crippen LogP contribution in [0, 0.1) is 5.41 Å². The number of anilines is 2. The fourth-order valence-electron chi connectivity index (χ4n) is 1.28. The maximum atomic E-state index is 8.88. The molecule has 0 aliphatic rings. The lowest BCUT2D eigenvalue weighted by atomic mass is 10.1. The largest absolute Gasteiger partial charge is 0.398 e. The van der Waals surface area contributed by atoms with Crippen LogP contribution < -0.4 is 11.1 Å². The van der Waals surface area contributed by atoms with Crippen molar-refractivity contribution < 1.29 is 5.11 Å². The van der Waals surface area contributed by atoms with Crippen LogP contribution in [0.4, 0.5) is 11.4 Å². The summed E-state index contributed by atoms with van der Waals surface area (Å²) in [7, 11) is 0. The number of benzene rings is 1. The lowest BCUT2D eigenvalue weighted by Gasteiger charge is -2.09. The zero-order valence-corrected chi connectivity index (χ0v) is 8.88. The molecule has 0 unspecified atom stereocenters. The molecular formula is C11H17N3O. The number of hydrogen-bond acceptors (Lipinski definition) is 4. The molecule has 82 valence electrons. The highest BCUT2D eigenvalue weighted by Crippen LogP contribution is 2.18. The molecule has 0 atom stereocenters. The van der Waals surface area contributed by atoms with Crippen molar-refractivity contribution in [2.75, 3.05) is 24.2 Å². The fraction of sp³-hybridized carbons (Fsp3) is 0.364. The Morgan fingerprint density at radius 2 is 2.27 bits per heavy atom. The molecule has 5 N–H and O–H groups in total. The molecule has 0 fully saturated rings. The van der Waals surface area contributed by atoms with Crippen molar-refractivity contribution >= 4 is 17.1 Å². The summed E-state index contributed by atoms with van der Waals surface area (Å²) in [5.41, 5.74) is 7.91. The number of aliphatic hydroxyl groups is 1. The maximum absolute atomic E-state index is 8.88. The van der Waals surface area contributed by atoms with Gasteiger partial charge in [-0.1, -0.05) is 6.92 Å². The molecule has 0 saturated carbocycles. The van der Waals surface area contributed by atoms with E-state index in [-0.39, 0.29) is 12.3 Å². The molecule has 0 aliphatic heterocycles.